The Morgan fingerprint density at radius 3 is 2.71 bits per heavy atom. The summed E-state index contributed by atoms with van der Waals surface area (Å²) in [7, 11) is 0. The molecule has 1 saturated heterocycles. The van der Waals surface area contributed by atoms with E-state index in [2.05, 4.69) is 16.8 Å². The lowest BCUT2D eigenvalue weighted by molar-refractivity contribution is -0.129. The molecule has 0 aliphatic carbocycles. The summed E-state index contributed by atoms with van der Waals surface area (Å²) in [5.74, 6) is 0.0398. The van der Waals surface area contributed by atoms with E-state index < -0.39 is 0 Å². The molecule has 1 aromatic heterocycles. The molecule has 0 unspecified atom stereocenters. The van der Waals surface area contributed by atoms with Gasteiger partial charge in [0.25, 0.3) is 0 Å². The van der Waals surface area contributed by atoms with Crippen LogP contribution in [-0.2, 0) is 11.2 Å². The van der Waals surface area contributed by atoms with Gasteiger partial charge in [0.1, 0.15) is 0 Å². The molecule has 1 amide bonds. The number of thiazole rings is 1. The van der Waals surface area contributed by atoms with Gasteiger partial charge in [0.05, 0.1) is 6.54 Å². The van der Waals surface area contributed by atoms with Gasteiger partial charge in [-0.15, -0.1) is 11.3 Å². The molecule has 2 rings (SSSR count). The van der Waals surface area contributed by atoms with Gasteiger partial charge in [-0.05, 0) is 6.42 Å². The lowest BCUT2D eigenvalue weighted by Gasteiger charge is -2.34. The van der Waals surface area contributed by atoms with E-state index in [-0.39, 0.29) is 12.5 Å². The smallest absolute Gasteiger partial charge is 0.236 e. The van der Waals surface area contributed by atoms with Gasteiger partial charge < -0.3 is 15.5 Å². The Morgan fingerprint density at radius 2 is 2.18 bits per heavy atom. The van der Waals surface area contributed by atoms with E-state index in [0.29, 0.717) is 0 Å². The number of nitrogens with zero attached hydrogens (tertiary/aromatic N) is 3. The third-order valence-electron chi connectivity index (χ3n) is 2.97. The zero-order valence-electron chi connectivity index (χ0n) is 10.1. The fourth-order valence-corrected chi connectivity index (χ4v) is 2.78. The molecule has 6 heteroatoms. The maximum Gasteiger partial charge on any atom is 0.236 e. The minimum atomic E-state index is 0.0398. The number of carbonyl (C=O) groups is 1. The normalized spacial score (nSPS) is 16.4. The highest BCUT2D eigenvalue weighted by molar-refractivity contribution is 7.15. The molecular formula is C11H18N4OS. The number of hydrogen-bond acceptors (Lipinski definition) is 5. The number of aromatic nitrogens is 1. The zero-order chi connectivity index (χ0) is 12.3. The second kappa shape index (κ2) is 5.46. The molecule has 1 aliphatic rings. The topological polar surface area (TPSA) is 62.5 Å². The monoisotopic (exact) mass is 254 g/mol. The van der Waals surface area contributed by atoms with Crippen LogP contribution in [0, 0.1) is 0 Å². The molecule has 1 aliphatic heterocycles. The third kappa shape index (κ3) is 2.76. The van der Waals surface area contributed by atoms with Gasteiger partial charge in [0.2, 0.25) is 5.91 Å². The van der Waals surface area contributed by atoms with E-state index in [1.807, 2.05) is 11.1 Å². The first-order valence-electron chi connectivity index (χ1n) is 5.92. The number of aryl methyl sites for hydroxylation is 1. The first-order chi connectivity index (χ1) is 8.24. The molecule has 0 spiro atoms. The van der Waals surface area contributed by atoms with E-state index in [0.717, 1.165) is 37.7 Å². The van der Waals surface area contributed by atoms with Gasteiger partial charge in [-0.3, -0.25) is 4.79 Å². The van der Waals surface area contributed by atoms with Gasteiger partial charge in [-0.2, -0.15) is 0 Å². The second-order valence-electron chi connectivity index (χ2n) is 4.03. The summed E-state index contributed by atoms with van der Waals surface area (Å²) in [6.45, 7) is 5.44. The molecule has 0 radical (unpaired) electrons. The highest BCUT2D eigenvalue weighted by Crippen LogP contribution is 2.23. The van der Waals surface area contributed by atoms with Gasteiger partial charge in [-0.25, -0.2) is 4.98 Å². The first kappa shape index (κ1) is 12.3. The van der Waals surface area contributed by atoms with Gasteiger partial charge in [0, 0.05) is 37.3 Å². The molecule has 0 bridgehead atoms. The highest BCUT2D eigenvalue weighted by Gasteiger charge is 2.21. The van der Waals surface area contributed by atoms with Crippen LogP contribution in [0.1, 0.15) is 11.8 Å². The Balaban J connectivity index is 1.92. The van der Waals surface area contributed by atoms with Crippen molar-refractivity contribution in [1.82, 2.24) is 9.88 Å². The van der Waals surface area contributed by atoms with Crippen molar-refractivity contribution in [2.24, 2.45) is 5.73 Å². The molecule has 94 valence electrons. The van der Waals surface area contributed by atoms with E-state index in [9.17, 15) is 4.79 Å². The lowest BCUT2D eigenvalue weighted by Crippen LogP contribution is -2.50. The van der Waals surface area contributed by atoms with Crippen molar-refractivity contribution < 1.29 is 4.79 Å². The van der Waals surface area contributed by atoms with Crippen LogP contribution in [-0.4, -0.2) is 48.5 Å². The van der Waals surface area contributed by atoms with Crippen molar-refractivity contribution in [1.29, 1.82) is 0 Å². The number of anilines is 1. The van der Waals surface area contributed by atoms with Crippen molar-refractivity contribution in [3.05, 3.63) is 11.1 Å². The molecule has 1 aromatic rings. The van der Waals surface area contributed by atoms with Crippen LogP contribution in [0.15, 0.2) is 6.20 Å². The summed E-state index contributed by atoms with van der Waals surface area (Å²) < 4.78 is 0. The van der Waals surface area contributed by atoms with Crippen molar-refractivity contribution >= 4 is 22.4 Å². The number of nitrogens with two attached hydrogens (primary N) is 1. The van der Waals surface area contributed by atoms with Crippen molar-refractivity contribution in [3.8, 4) is 0 Å². The van der Waals surface area contributed by atoms with Crippen LogP contribution < -0.4 is 10.6 Å². The lowest BCUT2D eigenvalue weighted by atomic mass is 10.3. The van der Waals surface area contributed by atoms with Crippen molar-refractivity contribution in [3.63, 3.8) is 0 Å². The van der Waals surface area contributed by atoms with E-state index in [1.54, 1.807) is 11.3 Å². The van der Waals surface area contributed by atoms with Crippen LogP contribution in [0.5, 0.6) is 0 Å². The largest absolute Gasteiger partial charge is 0.345 e. The third-order valence-corrected chi connectivity index (χ3v) is 4.17. The van der Waals surface area contributed by atoms with Gasteiger partial charge in [0.15, 0.2) is 5.13 Å². The van der Waals surface area contributed by atoms with Crippen molar-refractivity contribution in [2.45, 2.75) is 13.3 Å². The number of piperazine rings is 1. The van der Waals surface area contributed by atoms with E-state index >= 15 is 0 Å². The standard InChI is InChI=1S/C11H18N4OS/c1-2-9-8-13-11(17-9)15-5-3-14(4-6-15)10(16)7-12/h8H,2-7,12H2,1H3. The predicted molar refractivity (Wildman–Crippen MR) is 69.3 cm³/mol. The SMILES string of the molecule is CCc1cnc(N2CCN(C(=O)CN)CC2)s1. The molecule has 2 N–H and O–H groups in total. The van der Waals surface area contributed by atoms with Gasteiger partial charge >= 0.3 is 0 Å². The minimum Gasteiger partial charge on any atom is -0.345 e. The Bertz CT molecular complexity index is 385. The maximum atomic E-state index is 11.4. The molecular weight excluding hydrogens is 236 g/mol. The maximum absolute atomic E-state index is 11.4. The quantitative estimate of drug-likeness (QED) is 0.843. The molecule has 5 nitrogen and oxygen atoms in total. The highest BCUT2D eigenvalue weighted by atomic mass is 32.1. The predicted octanol–water partition coefficient (Wildman–Crippen LogP) is 0.313. The van der Waals surface area contributed by atoms with Crippen LogP contribution >= 0.6 is 11.3 Å². The Morgan fingerprint density at radius 1 is 1.47 bits per heavy atom. The van der Waals surface area contributed by atoms with Crippen LogP contribution in [0.25, 0.3) is 0 Å². The average Bonchev–Trinajstić information content (AvgIpc) is 2.87. The first-order valence-corrected chi connectivity index (χ1v) is 6.73. The number of amides is 1. The molecule has 0 saturated carbocycles. The molecule has 0 aromatic carbocycles. The van der Waals surface area contributed by atoms with E-state index in [4.69, 9.17) is 5.73 Å². The Labute approximate surface area is 105 Å². The Hall–Kier alpha value is -1.14. The summed E-state index contributed by atoms with van der Waals surface area (Å²) in [6.07, 6.45) is 2.97. The Kier molecular flexibility index (Phi) is 3.96. The molecule has 17 heavy (non-hydrogen) atoms. The van der Waals surface area contributed by atoms with E-state index in [1.165, 1.54) is 4.88 Å². The zero-order valence-corrected chi connectivity index (χ0v) is 10.9. The minimum absolute atomic E-state index is 0.0398. The summed E-state index contributed by atoms with van der Waals surface area (Å²) in [5.41, 5.74) is 5.35. The molecule has 1 fully saturated rings. The van der Waals surface area contributed by atoms with Crippen LogP contribution in [0.4, 0.5) is 5.13 Å². The number of hydrogen-bond donors (Lipinski definition) is 1. The van der Waals surface area contributed by atoms with Crippen LogP contribution in [0.2, 0.25) is 0 Å². The summed E-state index contributed by atoms with van der Waals surface area (Å²) >= 11 is 1.74. The summed E-state index contributed by atoms with van der Waals surface area (Å²) in [4.78, 5) is 21.2. The molecule has 0 atom stereocenters. The fourth-order valence-electron chi connectivity index (χ4n) is 1.88. The fraction of sp³-hybridized carbons (Fsp3) is 0.636. The average molecular weight is 254 g/mol. The second-order valence-corrected chi connectivity index (χ2v) is 5.13. The summed E-state index contributed by atoms with van der Waals surface area (Å²) in [5, 5.41) is 1.07. The van der Waals surface area contributed by atoms with Crippen LogP contribution in [0.3, 0.4) is 0 Å². The van der Waals surface area contributed by atoms with Crippen molar-refractivity contribution in [2.75, 3.05) is 37.6 Å². The number of carbonyl (C=O) groups excluding carboxylic acids is 1. The molecule has 2 heterocycles. The number of rotatable bonds is 3. The van der Waals surface area contributed by atoms with Gasteiger partial charge in [-0.1, -0.05) is 6.92 Å². The summed E-state index contributed by atoms with van der Waals surface area (Å²) in [6, 6.07) is 0.